The lowest BCUT2D eigenvalue weighted by atomic mass is 10.1. The second kappa shape index (κ2) is 5.26. The van der Waals surface area contributed by atoms with E-state index in [2.05, 4.69) is 9.97 Å². The number of rotatable bonds is 4. The van der Waals surface area contributed by atoms with Crippen molar-refractivity contribution in [2.45, 2.75) is 6.42 Å². The number of aliphatic carboxylic acids is 1. The maximum atomic E-state index is 10.9. The number of carboxylic acid groups (broad SMARTS) is 1. The van der Waals surface area contributed by atoms with E-state index in [4.69, 9.17) is 9.84 Å². The molecule has 0 spiro atoms. The van der Waals surface area contributed by atoms with Gasteiger partial charge in [0, 0.05) is 5.56 Å². The molecule has 0 unspecified atom stereocenters. The van der Waals surface area contributed by atoms with Crippen molar-refractivity contribution >= 4 is 27.5 Å². The molecule has 1 aromatic carbocycles. The Morgan fingerprint density at radius 2 is 2.10 bits per heavy atom. The van der Waals surface area contributed by atoms with Crippen LogP contribution in [0.3, 0.4) is 0 Å². The van der Waals surface area contributed by atoms with Crippen molar-refractivity contribution in [1.82, 2.24) is 9.97 Å². The molecule has 0 aliphatic rings. The van der Waals surface area contributed by atoms with Gasteiger partial charge in [-0.1, -0.05) is 18.2 Å². The van der Waals surface area contributed by atoms with Gasteiger partial charge in [0.1, 0.15) is 16.8 Å². The number of carboxylic acids is 1. The molecular weight excluding hydrogens is 276 g/mol. The number of aromatic nitrogens is 2. The van der Waals surface area contributed by atoms with Crippen molar-refractivity contribution < 1.29 is 14.6 Å². The van der Waals surface area contributed by atoms with Gasteiger partial charge in [0.25, 0.3) is 0 Å². The largest absolute Gasteiger partial charge is 0.481 e. The molecule has 0 aliphatic carbocycles. The summed E-state index contributed by atoms with van der Waals surface area (Å²) in [6, 6.07) is 8.94. The molecule has 3 aromatic rings. The minimum absolute atomic E-state index is 0.0885. The third kappa shape index (κ3) is 2.46. The number of carbonyl (C=O) groups is 1. The normalized spacial score (nSPS) is 10.6. The lowest BCUT2D eigenvalue weighted by molar-refractivity contribution is -0.136. The standard InChI is InChI=1S/C14H10N2O3S/c17-12(18)7-9-3-1-2-4-11(9)19-14-13-10(5-6-20-13)15-8-16-14/h1-6,8H,7H2,(H,17,18). The fourth-order valence-corrected chi connectivity index (χ4v) is 2.63. The van der Waals surface area contributed by atoms with Gasteiger partial charge in [0.2, 0.25) is 5.88 Å². The predicted octanol–water partition coefficient (Wildman–Crippen LogP) is 3.11. The van der Waals surface area contributed by atoms with Crippen LogP contribution in [0, 0.1) is 0 Å². The number of fused-ring (bicyclic) bond motifs is 1. The first-order valence-corrected chi connectivity index (χ1v) is 6.78. The van der Waals surface area contributed by atoms with Crippen LogP contribution in [-0.4, -0.2) is 21.0 Å². The van der Waals surface area contributed by atoms with Crippen LogP contribution in [0.2, 0.25) is 0 Å². The molecule has 0 aliphatic heterocycles. The van der Waals surface area contributed by atoms with Crippen molar-refractivity contribution in [3.8, 4) is 11.6 Å². The lowest BCUT2D eigenvalue weighted by Gasteiger charge is -2.09. The summed E-state index contributed by atoms with van der Waals surface area (Å²) < 4.78 is 6.62. The minimum atomic E-state index is -0.898. The molecule has 0 fully saturated rings. The second-order valence-electron chi connectivity index (χ2n) is 4.09. The molecule has 3 rings (SSSR count). The Bertz CT molecular complexity index is 770. The summed E-state index contributed by atoms with van der Waals surface area (Å²) in [6.45, 7) is 0. The van der Waals surface area contributed by atoms with Crippen LogP contribution in [-0.2, 0) is 11.2 Å². The zero-order chi connectivity index (χ0) is 13.9. The van der Waals surface area contributed by atoms with Crippen molar-refractivity contribution in [3.63, 3.8) is 0 Å². The summed E-state index contributed by atoms with van der Waals surface area (Å²) in [5, 5.41) is 10.8. The van der Waals surface area contributed by atoms with Crippen LogP contribution in [0.1, 0.15) is 5.56 Å². The second-order valence-corrected chi connectivity index (χ2v) is 5.01. The van der Waals surface area contributed by atoms with E-state index in [9.17, 15) is 4.79 Å². The molecular formula is C14H10N2O3S. The Morgan fingerprint density at radius 1 is 1.25 bits per heavy atom. The average Bonchev–Trinajstić information content (AvgIpc) is 2.90. The zero-order valence-corrected chi connectivity index (χ0v) is 11.1. The van der Waals surface area contributed by atoms with Crippen LogP contribution >= 0.6 is 11.3 Å². The summed E-state index contributed by atoms with van der Waals surface area (Å²) in [5.41, 5.74) is 1.43. The Morgan fingerprint density at radius 3 is 2.95 bits per heavy atom. The molecule has 0 amide bonds. The minimum Gasteiger partial charge on any atom is -0.481 e. The molecule has 2 aromatic heterocycles. The summed E-state index contributed by atoms with van der Waals surface area (Å²) in [4.78, 5) is 19.1. The van der Waals surface area contributed by atoms with Gasteiger partial charge in [-0.15, -0.1) is 11.3 Å². The van der Waals surface area contributed by atoms with Crippen LogP contribution in [0.4, 0.5) is 0 Å². The third-order valence-electron chi connectivity index (χ3n) is 2.73. The van der Waals surface area contributed by atoms with E-state index in [1.807, 2.05) is 11.4 Å². The van der Waals surface area contributed by atoms with Crippen LogP contribution in [0.15, 0.2) is 42.0 Å². The molecule has 0 saturated heterocycles. The Hall–Kier alpha value is -2.47. The molecule has 20 heavy (non-hydrogen) atoms. The summed E-state index contributed by atoms with van der Waals surface area (Å²) >= 11 is 1.49. The molecule has 0 saturated carbocycles. The Labute approximate surface area is 118 Å². The van der Waals surface area contributed by atoms with Gasteiger partial charge in [0.05, 0.1) is 11.9 Å². The van der Waals surface area contributed by atoms with Gasteiger partial charge < -0.3 is 9.84 Å². The van der Waals surface area contributed by atoms with Crippen molar-refractivity contribution in [2.24, 2.45) is 0 Å². The van der Waals surface area contributed by atoms with Crippen LogP contribution < -0.4 is 4.74 Å². The topological polar surface area (TPSA) is 72.3 Å². The van der Waals surface area contributed by atoms with E-state index in [-0.39, 0.29) is 6.42 Å². The van der Waals surface area contributed by atoms with Crippen molar-refractivity contribution in [2.75, 3.05) is 0 Å². The SMILES string of the molecule is O=C(O)Cc1ccccc1Oc1ncnc2ccsc12. The maximum absolute atomic E-state index is 10.9. The zero-order valence-electron chi connectivity index (χ0n) is 10.3. The first-order valence-electron chi connectivity index (χ1n) is 5.90. The fourth-order valence-electron chi connectivity index (χ4n) is 1.86. The fraction of sp³-hybridized carbons (Fsp3) is 0.0714. The highest BCUT2D eigenvalue weighted by Crippen LogP contribution is 2.31. The van der Waals surface area contributed by atoms with Crippen LogP contribution in [0.25, 0.3) is 10.2 Å². The van der Waals surface area contributed by atoms with E-state index in [0.29, 0.717) is 17.2 Å². The summed E-state index contributed by atoms with van der Waals surface area (Å²) in [5.74, 6) is 0.0520. The number of ether oxygens (including phenoxy) is 1. The lowest BCUT2D eigenvalue weighted by Crippen LogP contribution is -2.02. The highest BCUT2D eigenvalue weighted by Gasteiger charge is 2.11. The number of para-hydroxylation sites is 1. The number of thiophene rings is 1. The van der Waals surface area contributed by atoms with Gasteiger partial charge in [-0.3, -0.25) is 4.79 Å². The molecule has 5 nitrogen and oxygen atoms in total. The van der Waals surface area contributed by atoms with E-state index >= 15 is 0 Å². The molecule has 2 heterocycles. The highest BCUT2D eigenvalue weighted by atomic mass is 32.1. The van der Waals surface area contributed by atoms with Gasteiger partial charge in [-0.05, 0) is 17.5 Å². The number of nitrogens with zero attached hydrogens (tertiary/aromatic N) is 2. The first kappa shape index (κ1) is 12.6. The average molecular weight is 286 g/mol. The third-order valence-corrected chi connectivity index (χ3v) is 3.62. The number of hydrogen-bond acceptors (Lipinski definition) is 5. The van der Waals surface area contributed by atoms with Crippen LogP contribution in [0.5, 0.6) is 11.6 Å². The molecule has 6 heteroatoms. The first-order chi connectivity index (χ1) is 9.74. The van der Waals surface area contributed by atoms with Gasteiger partial charge in [-0.2, -0.15) is 0 Å². The molecule has 1 N–H and O–H groups in total. The van der Waals surface area contributed by atoms with Crippen molar-refractivity contribution in [3.05, 3.63) is 47.6 Å². The smallest absolute Gasteiger partial charge is 0.307 e. The summed E-state index contributed by atoms with van der Waals surface area (Å²) in [6.07, 6.45) is 1.35. The highest BCUT2D eigenvalue weighted by molar-refractivity contribution is 7.17. The van der Waals surface area contributed by atoms with Gasteiger partial charge in [-0.25, -0.2) is 9.97 Å². The molecule has 100 valence electrons. The number of benzene rings is 1. The van der Waals surface area contributed by atoms with Crippen molar-refractivity contribution in [1.29, 1.82) is 0 Å². The molecule has 0 radical (unpaired) electrons. The van der Waals surface area contributed by atoms with E-state index in [1.165, 1.54) is 17.7 Å². The van der Waals surface area contributed by atoms with Gasteiger partial charge in [0.15, 0.2) is 0 Å². The predicted molar refractivity (Wildman–Crippen MR) is 75.3 cm³/mol. The Balaban J connectivity index is 1.99. The quantitative estimate of drug-likeness (QED) is 0.797. The Kier molecular flexibility index (Phi) is 3.30. The van der Waals surface area contributed by atoms with E-state index in [1.54, 1.807) is 24.3 Å². The number of hydrogen-bond donors (Lipinski definition) is 1. The monoisotopic (exact) mass is 286 g/mol. The van der Waals surface area contributed by atoms with Gasteiger partial charge >= 0.3 is 5.97 Å². The van der Waals surface area contributed by atoms with E-state index < -0.39 is 5.97 Å². The molecule has 0 bridgehead atoms. The molecule has 0 atom stereocenters. The van der Waals surface area contributed by atoms with E-state index in [0.717, 1.165) is 10.2 Å². The summed E-state index contributed by atoms with van der Waals surface area (Å²) in [7, 11) is 0. The maximum Gasteiger partial charge on any atom is 0.307 e.